The van der Waals surface area contributed by atoms with Gasteiger partial charge in [-0.05, 0) is 58.5 Å². The Labute approximate surface area is 369 Å². The molecule has 0 amide bonds. The van der Waals surface area contributed by atoms with Gasteiger partial charge in [0.1, 0.15) is 0 Å². The molecular weight excluding hydrogens is 683 g/mol. The van der Waals surface area contributed by atoms with Gasteiger partial charge in [-0.1, -0.05) is 163 Å². The Morgan fingerprint density at radius 2 is 0.679 bits per heavy atom. The second-order valence-corrected chi connectivity index (χ2v) is 11.6. The van der Waals surface area contributed by atoms with Gasteiger partial charge < -0.3 is 4.57 Å². The van der Waals surface area contributed by atoms with E-state index in [9.17, 15) is 9.60 Å². The van der Waals surface area contributed by atoms with Crippen molar-refractivity contribution in [2.24, 2.45) is 0 Å². The quantitative estimate of drug-likeness (QED) is 0.170. The molecule has 0 saturated carbocycles. The smallest absolute Gasteiger partial charge is 0.238 e. The summed E-state index contributed by atoms with van der Waals surface area (Å²) in [4.78, 5) is 13.1. The molecule has 0 spiro atoms. The minimum Gasteiger partial charge on any atom is -0.309 e. The van der Waals surface area contributed by atoms with Gasteiger partial charge in [0.15, 0.2) is 11.6 Å². The molecule has 5 nitrogen and oxygen atoms in total. The number of para-hydroxylation sites is 4. The van der Waals surface area contributed by atoms with Crippen LogP contribution in [0.2, 0.25) is 0 Å². The fourth-order valence-electron chi connectivity index (χ4n) is 6.00. The van der Waals surface area contributed by atoms with E-state index in [0.717, 1.165) is 0 Å². The summed E-state index contributed by atoms with van der Waals surface area (Å²) in [5.41, 5.74) is -8.81. The number of fused-ring (bicyclic) bond motifs is 6. The van der Waals surface area contributed by atoms with Crippen LogP contribution in [-0.2, 0) is 0 Å². The molecule has 5 heteroatoms. The lowest BCUT2D eigenvalue weighted by Gasteiger charge is -2.12. The molecule has 8 aromatic carbocycles. The van der Waals surface area contributed by atoms with E-state index in [1.54, 1.807) is 0 Å². The van der Waals surface area contributed by atoms with Crippen LogP contribution in [0.3, 0.4) is 0 Å². The Balaban J connectivity index is 1.27. The first kappa shape index (κ1) is 13.0. The second-order valence-electron chi connectivity index (χ2n) is 11.6. The second kappa shape index (κ2) is 13.0. The van der Waals surface area contributed by atoms with Crippen LogP contribution in [0.1, 0.15) is 45.2 Å². The lowest BCUT2D eigenvalue weighted by Crippen LogP contribution is -2.06. The molecule has 0 aliphatic heterocycles. The molecule has 3 heterocycles. The molecule has 0 aliphatic rings. The molecule has 0 unspecified atom stereocenters. The summed E-state index contributed by atoms with van der Waals surface area (Å²) < 4.78 is 296. The van der Waals surface area contributed by atoms with Gasteiger partial charge in [0.05, 0.1) is 67.3 Å². The molecule has 0 fully saturated rings. The highest BCUT2D eigenvalue weighted by atomic mass is 15.2. The third-order valence-corrected chi connectivity index (χ3v) is 8.42. The molecule has 3 aromatic heterocycles. The van der Waals surface area contributed by atoms with Crippen molar-refractivity contribution >= 4 is 43.6 Å². The lowest BCUT2D eigenvalue weighted by molar-refractivity contribution is 0.953. The van der Waals surface area contributed by atoms with E-state index in [0.29, 0.717) is 9.13 Å². The van der Waals surface area contributed by atoms with Crippen molar-refractivity contribution in [1.29, 1.82) is 0 Å². The van der Waals surface area contributed by atoms with Crippen LogP contribution in [0.4, 0.5) is 0 Å². The highest BCUT2D eigenvalue weighted by Gasteiger charge is 2.18. The summed E-state index contributed by atoms with van der Waals surface area (Å²) in [6.45, 7) is 0. The molecule has 11 rings (SSSR count). The average molecular weight is 749 g/mol. The van der Waals surface area contributed by atoms with Crippen LogP contribution in [0.25, 0.3) is 100 Å². The Kier molecular flexibility index (Phi) is 3.03. The molecule has 11 aromatic rings. The van der Waals surface area contributed by atoms with Gasteiger partial charge in [-0.2, -0.15) is 9.97 Å². The third kappa shape index (κ3) is 5.29. The van der Waals surface area contributed by atoms with E-state index in [4.69, 9.17) is 35.6 Å². The summed E-state index contributed by atoms with van der Waals surface area (Å²) in [5, 5.41) is -2.09. The summed E-state index contributed by atoms with van der Waals surface area (Å²) in [6, 6.07) is -32.0. The molecule has 56 heavy (non-hydrogen) atoms. The average Bonchev–Trinajstić information content (AvgIpc) is 1.63. The van der Waals surface area contributed by atoms with Gasteiger partial charge in [-0.3, -0.25) is 4.57 Å². The van der Waals surface area contributed by atoms with Crippen molar-refractivity contribution < 1.29 is 45.2 Å². The van der Waals surface area contributed by atoms with Crippen molar-refractivity contribution in [3.05, 3.63) is 199 Å². The van der Waals surface area contributed by atoms with Crippen LogP contribution in [0, 0.1) is 0 Å². The number of nitrogens with zero attached hydrogens (tertiary/aromatic N) is 5. The first-order valence-corrected chi connectivity index (χ1v) is 16.2. The number of rotatable bonds is 6. The van der Waals surface area contributed by atoms with Crippen molar-refractivity contribution in [1.82, 2.24) is 24.1 Å². The van der Waals surface area contributed by atoms with Gasteiger partial charge in [0.25, 0.3) is 0 Å². The van der Waals surface area contributed by atoms with Crippen LogP contribution in [0.5, 0.6) is 0 Å². The van der Waals surface area contributed by atoms with Gasteiger partial charge in [0.2, 0.25) is 5.95 Å². The molecular formula is C51H33N5. The van der Waals surface area contributed by atoms with Gasteiger partial charge in [-0.25, -0.2) is 4.98 Å². The summed E-state index contributed by atoms with van der Waals surface area (Å²) in [7, 11) is 0. The zero-order valence-corrected chi connectivity index (χ0v) is 27.7. The largest absolute Gasteiger partial charge is 0.309 e. The van der Waals surface area contributed by atoms with Crippen LogP contribution in [-0.4, -0.2) is 24.1 Å². The van der Waals surface area contributed by atoms with Gasteiger partial charge >= 0.3 is 0 Å². The topological polar surface area (TPSA) is 48.5 Å². The Bertz CT molecular complexity index is 4950. The van der Waals surface area contributed by atoms with Crippen molar-refractivity contribution in [3.8, 4) is 56.7 Å². The molecule has 0 saturated heterocycles. The van der Waals surface area contributed by atoms with Gasteiger partial charge in [0, 0.05) is 38.4 Å². The van der Waals surface area contributed by atoms with E-state index in [2.05, 4.69) is 15.0 Å². The molecule has 0 aliphatic carbocycles. The predicted molar refractivity (Wildman–Crippen MR) is 230 cm³/mol. The predicted octanol–water partition coefficient (Wildman–Crippen LogP) is 12.7. The maximum Gasteiger partial charge on any atom is 0.238 e. The zero-order valence-electron chi connectivity index (χ0n) is 60.7. The van der Waals surface area contributed by atoms with Gasteiger partial charge in [-0.15, -0.1) is 0 Å². The van der Waals surface area contributed by atoms with Crippen molar-refractivity contribution in [3.63, 3.8) is 0 Å². The minimum absolute atomic E-state index is 0.510. The monoisotopic (exact) mass is 748 g/mol. The first-order valence-electron chi connectivity index (χ1n) is 32.7. The van der Waals surface area contributed by atoms with E-state index in [1.165, 1.54) is 0 Å². The SMILES string of the molecule is [2H]c1c([2H])c([2H])c(-c2c([2H])c([2H])c(-c3nc(-c4c([2H])c([2H])c(-c5c([2H])c([2H])c([2H])c(-n6c7c([2H])c([2H])c([2H])c([2H])c7c7c([2H])c([2H])c([2H])c([2H])c76)c5[2H])c([2H])c4[2H])nc(-n4c5c([2H])c([2H])c([2H])c([2H])c5c5c([2H])c([2H])c([2H])c([2H])c54)n3)c([2H])c2[2H])c([2H])c1[2H]. The Hall–Kier alpha value is -7.63. The van der Waals surface area contributed by atoms with E-state index < -0.39 is 300 Å². The van der Waals surface area contributed by atoms with Crippen molar-refractivity contribution in [2.75, 3.05) is 0 Å². The Morgan fingerprint density at radius 1 is 0.304 bits per heavy atom. The highest BCUT2D eigenvalue weighted by molar-refractivity contribution is 6.10. The first-order chi connectivity index (χ1) is 41.5. The normalized spacial score (nSPS) is 19.8. The third-order valence-electron chi connectivity index (χ3n) is 8.42. The standard InChI is InChI=1S/C51H33N5/c1-2-13-34(14-3-1)35-25-29-37(30-26-35)49-52-50(54-51(53-49)56-47-23-10-6-19-43(47)44-20-7-11-24-48(44)56)38-31-27-36(28-32-38)39-15-12-16-40(33-39)55-45-21-8-4-17-41(45)42-18-5-9-22-46(42)55/h1-33H/i1D,2D,3D,4D,5D,6D,7D,8D,9D,10D,11D,12D,13D,14D,15D,16D,17D,18D,19D,20D,21D,22D,23D,24D,25D,26D,27D,28D,29D,30D,31D,32D,33D. The van der Waals surface area contributed by atoms with E-state index in [-0.39, 0.29) is 0 Å². The van der Waals surface area contributed by atoms with E-state index >= 15 is 0 Å². The van der Waals surface area contributed by atoms with Crippen LogP contribution in [0.15, 0.2) is 199 Å². The molecule has 0 bridgehead atoms. The molecule has 262 valence electrons. The van der Waals surface area contributed by atoms with E-state index in [1.807, 2.05) is 0 Å². The zero-order chi connectivity index (χ0) is 65.7. The fraction of sp³-hybridized carbons (Fsp3) is 0. The van der Waals surface area contributed by atoms with Crippen LogP contribution >= 0.6 is 0 Å². The minimum atomic E-state index is -1.19. The number of benzene rings is 8. The van der Waals surface area contributed by atoms with Crippen molar-refractivity contribution in [2.45, 2.75) is 0 Å². The maximum atomic E-state index is 9.69. The summed E-state index contributed by atoms with van der Waals surface area (Å²) >= 11 is 0. The fourth-order valence-corrected chi connectivity index (χ4v) is 6.00. The number of hydrogen-bond acceptors (Lipinski definition) is 3. The Morgan fingerprint density at radius 3 is 1.18 bits per heavy atom. The summed E-state index contributed by atoms with van der Waals surface area (Å²) in [6.07, 6.45) is 0. The molecule has 0 N–H and O–H groups in total. The maximum absolute atomic E-state index is 9.69. The molecule has 0 radical (unpaired) electrons. The highest BCUT2D eigenvalue weighted by Crippen LogP contribution is 2.35. The lowest BCUT2D eigenvalue weighted by atomic mass is 10.0. The summed E-state index contributed by atoms with van der Waals surface area (Å²) in [5.74, 6) is -2.98. The number of hydrogen-bond donors (Lipinski definition) is 0. The molecule has 0 atom stereocenters. The van der Waals surface area contributed by atoms with Crippen LogP contribution < -0.4 is 0 Å². The number of aromatic nitrogens is 5.